The van der Waals surface area contributed by atoms with E-state index in [-0.39, 0.29) is 13.2 Å². The van der Waals surface area contributed by atoms with Gasteiger partial charge in [0.1, 0.15) is 0 Å². The Kier molecular flexibility index (Phi) is 6.00. The Bertz CT molecular complexity index is 389. The summed E-state index contributed by atoms with van der Waals surface area (Å²) in [6, 6.07) is 5.19. The molecule has 0 unspecified atom stereocenters. The van der Waals surface area contributed by atoms with E-state index in [1.165, 1.54) is 0 Å². The number of aliphatic hydroxyl groups is 1. The van der Waals surface area contributed by atoms with Gasteiger partial charge in [-0.15, -0.1) is 0 Å². The van der Waals surface area contributed by atoms with Crippen LogP contribution in [0.15, 0.2) is 18.2 Å². The largest absolute Gasteiger partial charge is 0.490 e. The predicted octanol–water partition coefficient (Wildman–Crippen LogP) is 1.52. The fraction of sp³-hybridized carbons (Fsp3) is 0.462. The molecular formula is C13H18O5. The van der Waals surface area contributed by atoms with Crippen LogP contribution in [-0.4, -0.2) is 30.9 Å². The first-order valence-electron chi connectivity index (χ1n) is 5.86. The number of esters is 1. The highest BCUT2D eigenvalue weighted by Gasteiger charge is 2.12. The molecule has 0 aromatic heterocycles. The van der Waals surface area contributed by atoms with Crippen molar-refractivity contribution in [3.8, 4) is 11.5 Å². The van der Waals surface area contributed by atoms with E-state index < -0.39 is 5.97 Å². The molecule has 100 valence electrons. The second kappa shape index (κ2) is 7.55. The van der Waals surface area contributed by atoms with Gasteiger partial charge in [-0.1, -0.05) is 12.1 Å². The van der Waals surface area contributed by atoms with Crippen molar-refractivity contribution in [2.24, 2.45) is 0 Å². The van der Waals surface area contributed by atoms with Gasteiger partial charge in [-0.25, -0.2) is 4.79 Å². The van der Waals surface area contributed by atoms with Gasteiger partial charge >= 0.3 is 5.97 Å². The molecule has 18 heavy (non-hydrogen) atoms. The van der Waals surface area contributed by atoms with Gasteiger partial charge in [0, 0.05) is 5.56 Å². The lowest BCUT2D eigenvalue weighted by Gasteiger charge is -2.14. The lowest BCUT2D eigenvalue weighted by molar-refractivity contribution is -0.145. The number of benzene rings is 1. The molecule has 0 aliphatic rings. The molecule has 0 bridgehead atoms. The van der Waals surface area contributed by atoms with Gasteiger partial charge in [0.25, 0.3) is 0 Å². The third-order valence-electron chi connectivity index (χ3n) is 2.17. The van der Waals surface area contributed by atoms with Crippen molar-refractivity contribution in [1.29, 1.82) is 0 Å². The third-order valence-corrected chi connectivity index (χ3v) is 2.17. The van der Waals surface area contributed by atoms with Crippen LogP contribution in [0.2, 0.25) is 0 Å². The molecule has 0 saturated carbocycles. The van der Waals surface area contributed by atoms with Crippen LogP contribution in [0.3, 0.4) is 0 Å². The van der Waals surface area contributed by atoms with Crippen LogP contribution < -0.4 is 9.47 Å². The summed E-state index contributed by atoms with van der Waals surface area (Å²) in [4.78, 5) is 11.2. The first-order chi connectivity index (χ1) is 8.72. The fourth-order valence-corrected chi connectivity index (χ4v) is 1.45. The molecule has 5 heteroatoms. The first-order valence-corrected chi connectivity index (χ1v) is 5.86. The minimum absolute atomic E-state index is 0.181. The smallest absolute Gasteiger partial charge is 0.344 e. The molecule has 0 fully saturated rings. The highest BCUT2D eigenvalue weighted by molar-refractivity contribution is 5.71. The van der Waals surface area contributed by atoms with Crippen molar-refractivity contribution in [3.63, 3.8) is 0 Å². The van der Waals surface area contributed by atoms with E-state index in [0.29, 0.717) is 30.3 Å². The maximum absolute atomic E-state index is 11.2. The molecule has 0 heterocycles. The molecule has 1 N–H and O–H groups in total. The zero-order chi connectivity index (χ0) is 13.4. The summed E-state index contributed by atoms with van der Waals surface area (Å²) in [5.41, 5.74) is 0.574. The number of hydrogen-bond acceptors (Lipinski definition) is 5. The predicted molar refractivity (Wildman–Crippen MR) is 65.7 cm³/mol. The van der Waals surface area contributed by atoms with Gasteiger partial charge in [0.2, 0.25) is 0 Å². The van der Waals surface area contributed by atoms with Crippen molar-refractivity contribution in [2.75, 3.05) is 19.8 Å². The molecule has 0 radical (unpaired) electrons. The van der Waals surface area contributed by atoms with Gasteiger partial charge in [-0.2, -0.15) is 0 Å². The zero-order valence-corrected chi connectivity index (χ0v) is 10.6. The Hall–Kier alpha value is -1.75. The number of rotatable bonds is 7. The summed E-state index contributed by atoms with van der Waals surface area (Å²) < 4.78 is 15.5. The Labute approximate surface area is 106 Å². The SMILES string of the molecule is CCOC(=O)COc1c(CO)cccc1OCC. The quantitative estimate of drug-likeness (QED) is 0.747. The summed E-state index contributed by atoms with van der Waals surface area (Å²) in [7, 11) is 0. The fourth-order valence-electron chi connectivity index (χ4n) is 1.45. The molecule has 0 atom stereocenters. The number of ether oxygens (including phenoxy) is 3. The van der Waals surface area contributed by atoms with Crippen molar-refractivity contribution >= 4 is 5.97 Å². The number of carbonyl (C=O) groups is 1. The number of hydrogen-bond donors (Lipinski definition) is 1. The van der Waals surface area contributed by atoms with E-state index in [1.807, 2.05) is 6.92 Å². The molecule has 0 saturated heterocycles. The maximum atomic E-state index is 11.2. The zero-order valence-electron chi connectivity index (χ0n) is 10.6. The molecule has 1 aromatic carbocycles. The van der Waals surface area contributed by atoms with E-state index in [2.05, 4.69) is 0 Å². The summed E-state index contributed by atoms with van der Waals surface area (Å²) in [5, 5.41) is 9.23. The monoisotopic (exact) mass is 254 g/mol. The normalized spacial score (nSPS) is 9.94. The lowest BCUT2D eigenvalue weighted by Crippen LogP contribution is -2.15. The molecule has 1 rings (SSSR count). The van der Waals surface area contributed by atoms with E-state index in [0.717, 1.165) is 0 Å². The average molecular weight is 254 g/mol. The van der Waals surface area contributed by atoms with Gasteiger partial charge in [-0.3, -0.25) is 0 Å². The summed E-state index contributed by atoms with van der Waals surface area (Å²) >= 11 is 0. The van der Waals surface area contributed by atoms with Crippen molar-refractivity contribution in [3.05, 3.63) is 23.8 Å². The van der Waals surface area contributed by atoms with Gasteiger partial charge < -0.3 is 19.3 Å². The second-order valence-electron chi connectivity index (χ2n) is 3.43. The maximum Gasteiger partial charge on any atom is 0.344 e. The number of carbonyl (C=O) groups excluding carboxylic acids is 1. The minimum atomic E-state index is -0.451. The summed E-state index contributed by atoms with van der Waals surface area (Å²) in [5.74, 6) is 0.441. The van der Waals surface area contributed by atoms with E-state index >= 15 is 0 Å². The van der Waals surface area contributed by atoms with Crippen molar-refractivity contribution < 1.29 is 24.1 Å². The van der Waals surface area contributed by atoms with Crippen molar-refractivity contribution in [2.45, 2.75) is 20.5 Å². The Morgan fingerprint density at radius 1 is 1.22 bits per heavy atom. The number of para-hydroxylation sites is 1. The average Bonchev–Trinajstić information content (AvgIpc) is 2.37. The van der Waals surface area contributed by atoms with E-state index in [1.54, 1.807) is 25.1 Å². The Morgan fingerprint density at radius 2 is 2.00 bits per heavy atom. The Morgan fingerprint density at radius 3 is 2.61 bits per heavy atom. The molecule has 0 amide bonds. The molecule has 5 nitrogen and oxygen atoms in total. The van der Waals surface area contributed by atoms with Gasteiger partial charge in [-0.05, 0) is 19.9 Å². The van der Waals surface area contributed by atoms with Crippen LogP contribution in [0, 0.1) is 0 Å². The topological polar surface area (TPSA) is 65.0 Å². The highest BCUT2D eigenvalue weighted by Crippen LogP contribution is 2.31. The van der Waals surface area contributed by atoms with Crippen molar-refractivity contribution in [1.82, 2.24) is 0 Å². The Balaban J connectivity index is 2.80. The van der Waals surface area contributed by atoms with Crippen LogP contribution in [0.25, 0.3) is 0 Å². The third kappa shape index (κ3) is 3.92. The first kappa shape index (κ1) is 14.3. The standard InChI is InChI=1S/C13H18O5/c1-3-16-11-7-5-6-10(8-14)13(11)18-9-12(15)17-4-2/h5-7,14H,3-4,8-9H2,1-2H3. The molecule has 0 aliphatic carbocycles. The second-order valence-corrected chi connectivity index (χ2v) is 3.43. The van der Waals surface area contributed by atoms with Gasteiger partial charge in [0.05, 0.1) is 19.8 Å². The van der Waals surface area contributed by atoms with Crippen LogP contribution in [-0.2, 0) is 16.1 Å². The van der Waals surface area contributed by atoms with Crippen LogP contribution in [0.4, 0.5) is 0 Å². The molecule has 0 aliphatic heterocycles. The van der Waals surface area contributed by atoms with Crippen LogP contribution in [0.5, 0.6) is 11.5 Å². The van der Waals surface area contributed by atoms with Crippen LogP contribution >= 0.6 is 0 Å². The lowest BCUT2D eigenvalue weighted by atomic mass is 10.2. The molecular weight excluding hydrogens is 236 g/mol. The van der Waals surface area contributed by atoms with E-state index in [4.69, 9.17) is 14.2 Å². The highest BCUT2D eigenvalue weighted by atomic mass is 16.6. The minimum Gasteiger partial charge on any atom is -0.490 e. The molecule has 1 aromatic rings. The van der Waals surface area contributed by atoms with Crippen LogP contribution in [0.1, 0.15) is 19.4 Å². The number of aliphatic hydroxyl groups excluding tert-OH is 1. The summed E-state index contributed by atoms with van der Waals surface area (Å²) in [6.45, 7) is 3.97. The van der Waals surface area contributed by atoms with Gasteiger partial charge in [0.15, 0.2) is 18.1 Å². The summed E-state index contributed by atoms with van der Waals surface area (Å²) in [6.07, 6.45) is 0. The molecule has 0 spiro atoms. The van der Waals surface area contributed by atoms with E-state index in [9.17, 15) is 9.90 Å².